The molecule has 0 spiro atoms. The van der Waals surface area contributed by atoms with Gasteiger partial charge in [-0.1, -0.05) is 0 Å². The second-order valence-corrected chi connectivity index (χ2v) is 6.89. The van der Waals surface area contributed by atoms with Gasteiger partial charge >= 0.3 is 0 Å². The Morgan fingerprint density at radius 1 is 1.43 bits per heavy atom. The molecule has 0 aliphatic carbocycles. The van der Waals surface area contributed by atoms with Crippen molar-refractivity contribution >= 4 is 27.1 Å². The summed E-state index contributed by atoms with van der Waals surface area (Å²) >= 11 is 0. The number of nitro benzene ring substituents is 1. The zero-order valence-electron chi connectivity index (χ0n) is 11.9. The predicted molar refractivity (Wildman–Crippen MR) is 79.3 cm³/mol. The van der Waals surface area contributed by atoms with E-state index in [-0.39, 0.29) is 17.0 Å². The van der Waals surface area contributed by atoms with Crippen LogP contribution in [0.15, 0.2) is 18.2 Å². The third-order valence-corrected chi connectivity index (χ3v) is 3.76. The topological polar surface area (TPSA) is 118 Å². The third kappa shape index (κ3) is 5.03. The molecular formula is C12H17N3O5S. The number of nitrogens with zero attached hydrogens (tertiary/aromatic N) is 1. The average Bonchev–Trinajstić information content (AvgIpc) is 2.35. The SMILES string of the molecule is CNc1ccc([N+](=O)[O-])c(C(=O)NC(C)CS(C)(=O)=O)c1. The van der Waals surface area contributed by atoms with Gasteiger partial charge in [0.2, 0.25) is 0 Å². The van der Waals surface area contributed by atoms with Crippen LogP contribution in [0.1, 0.15) is 17.3 Å². The van der Waals surface area contributed by atoms with Crippen LogP contribution >= 0.6 is 0 Å². The Morgan fingerprint density at radius 2 is 2.05 bits per heavy atom. The summed E-state index contributed by atoms with van der Waals surface area (Å²) in [5.74, 6) is -0.923. The Balaban J connectivity index is 3.03. The molecule has 0 radical (unpaired) electrons. The first-order valence-corrected chi connectivity index (χ1v) is 8.15. The molecule has 1 rings (SSSR count). The number of carbonyl (C=O) groups is 1. The van der Waals surface area contributed by atoms with E-state index in [0.29, 0.717) is 5.69 Å². The molecular weight excluding hydrogens is 298 g/mol. The Bertz CT molecular complexity index is 657. The Morgan fingerprint density at radius 3 is 2.52 bits per heavy atom. The molecule has 0 aromatic heterocycles. The van der Waals surface area contributed by atoms with Gasteiger partial charge in [0, 0.05) is 31.1 Å². The number of rotatable bonds is 6. The molecule has 0 heterocycles. The molecule has 0 bridgehead atoms. The number of nitrogens with one attached hydrogen (secondary N) is 2. The summed E-state index contributed by atoms with van der Waals surface area (Å²) in [5, 5.41) is 16.2. The van der Waals surface area contributed by atoms with Gasteiger partial charge in [0.1, 0.15) is 15.4 Å². The summed E-state index contributed by atoms with van der Waals surface area (Å²) in [4.78, 5) is 22.4. The zero-order valence-corrected chi connectivity index (χ0v) is 12.7. The highest BCUT2D eigenvalue weighted by atomic mass is 32.2. The molecule has 9 heteroatoms. The molecule has 21 heavy (non-hydrogen) atoms. The number of anilines is 1. The lowest BCUT2D eigenvalue weighted by Crippen LogP contribution is -2.37. The number of hydrogen-bond acceptors (Lipinski definition) is 6. The van der Waals surface area contributed by atoms with Gasteiger partial charge < -0.3 is 10.6 Å². The highest BCUT2D eigenvalue weighted by Crippen LogP contribution is 2.22. The molecule has 2 N–H and O–H groups in total. The van der Waals surface area contributed by atoms with Crippen LogP contribution in [0.3, 0.4) is 0 Å². The smallest absolute Gasteiger partial charge is 0.282 e. The van der Waals surface area contributed by atoms with E-state index in [1.165, 1.54) is 25.1 Å². The lowest BCUT2D eigenvalue weighted by molar-refractivity contribution is -0.385. The molecule has 1 aromatic carbocycles. The Labute approximate surface area is 122 Å². The van der Waals surface area contributed by atoms with Crippen LogP contribution in [0.25, 0.3) is 0 Å². The summed E-state index contributed by atoms with van der Waals surface area (Å²) in [5.41, 5.74) is 0.0896. The standard InChI is InChI=1S/C12H17N3O5S/c1-8(7-21(3,19)20)14-12(16)10-6-9(13-2)4-5-11(10)15(17)18/h4-6,8,13H,7H2,1-3H3,(H,14,16). The van der Waals surface area contributed by atoms with Crippen LogP contribution < -0.4 is 10.6 Å². The van der Waals surface area contributed by atoms with Gasteiger partial charge in [-0.2, -0.15) is 0 Å². The van der Waals surface area contributed by atoms with Gasteiger partial charge in [-0.25, -0.2) is 8.42 Å². The van der Waals surface area contributed by atoms with Crippen molar-refractivity contribution in [3.63, 3.8) is 0 Å². The number of amides is 1. The van der Waals surface area contributed by atoms with E-state index >= 15 is 0 Å². The predicted octanol–water partition coefficient (Wildman–Crippen LogP) is 0.799. The number of nitro groups is 1. The molecule has 0 aliphatic heterocycles. The van der Waals surface area contributed by atoms with E-state index in [4.69, 9.17) is 0 Å². The first kappa shape index (κ1) is 16.9. The quantitative estimate of drug-likeness (QED) is 0.592. The second-order valence-electron chi connectivity index (χ2n) is 4.71. The van der Waals surface area contributed by atoms with Gasteiger partial charge in [0.15, 0.2) is 0 Å². The van der Waals surface area contributed by atoms with Crippen molar-refractivity contribution in [3.8, 4) is 0 Å². The number of carbonyl (C=O) groups excluding carboxylic acids is 1. The van der Waals surface area contributed by atoms with Crippen molar-refractivity contribution in [2.45, 2.75) is 13.0 Å². The molecule has 0 saturated heterocycles. The molecule has 8 nitrogen and oxygen atoms in total. The van der Waals surface area contributed by atoms with Crippen LogP contribution in [0, 0.1) is 10.1 Å². The monoisotopic (exact) mass is 315 g/mol. The number of sulfone groups is 1. The van der Waals surface area contributed by atoms with Crippen LogP contribution in [0.2, 0.25) is 0 Å². The van der Waals surface area contributed by atoms with Crippen molar-refractivity contribution in [2.75, 3.05) is 24.4 Å². The minimum absolute atomic E-state index is 0.118. The molecule has 1 atom stereocenters. The van der Waals surface area contributed by atoms with Crippen molar-refractivity contribution in [2.24, 2.45) is 0 Å². The minimum Gasteiger partial charge on any atom is -0.388 e. The molecule has 0 saturated carbocycles. The van der Waals surface area contributed by atoms with E-state index in [0.717, 1.165) is 6.26 Å². The molecule has 1 unspecified atom stereocenters. The van der Waals surface area contributed by atoms with Gasteiger partial charge in [0.25, 0.3) is 11.6 Å². The van der Waals surface area contributed by atoms with Crippen molar-refractivity contribution < 1.29 is 18.1 Å². The van der Waals surface area contributed by atoms with Gasteiger partial charge in [-0.05, 0) is 19.1 Å². The second kappa shape index (κ2) is 6.53. The summed E-state index contributed by atoms with van der Waals surface area (Å²) < 4.78 is 22.3. The van der Waals surface area contributed by atoms with E-state index in [9.17, 15) is 23.3 Å². The minimum atomic E-state index is -3.25. The summed E-state index contributed by atoms with van der Waals surface area (Å²) in [6.07, 6.45) is 1.06. The summed E-state index contributed by atoms with van der Waals surface area (Å²) in [6, 6.07) is 3.41. The molecule has 1 amide bonds. The third-order valence-electron chi connectivity index (χ3n) is 2.66. The molecule has 0 fully saturated rings. The number of benzene rings is 1. The summed E-state index contributed by atoms with van der Waals surface area (Å²) in [6.45, 7) is 1.52. The van der Waals surface area contributed by atoms with Gasteiger partial charge in [-0.3, -0.25) is 14.9 Å². The Hall–Kier alpha value is -2.16. The van der Waals surface area contributed by atoms with E-state index < -0.39 is 26.7 Å². The van der Waals surface area contributed by atoms with Crippen molar-refractivity contribution in [1.29, 1.82) is 0 Å². The van der Waals surface area contributed by atoms with Crippen LogP contribution in [0.5, 0.6) is 0 Å². The normalized spacial score (nSPS) is 12.5. The van der Waals surface area contributed by atoms with E-state index in [1.54, 1.807) is 7.05 Å². The maximum Gasteiger partial charge on any atom is 0.282 e. The van der Waals surface area contributed by atoms with Crippen molar-refractivity contribution in [1.82, 2.24) is 5.32 Å². The summed E-state index contributed by atoms with van der Waals surface area (Å²) in [7, 11) is -1.63. The first-order valence-electron chi connectivity index (χ1n) is 6.09. The number of hydrogen-bond donors (Lipinski definition) is 2. The fourth-order valence-electron chi connectivity index (χ4n) is 1.83. The zero-order chi connectivity index (χ0) is 16.2. The molecule has 0 aliphatic rings. The van der Waals surface area contributed by atoms with Gasteiger partial charge in [-0.15, -0.1) is 0 Å². The van der Waals surface area contributed by atoms with E-state index in [1.807, 2.05) is 0 Å². The van der Waals surface area contributed by atoms with E-state index in [2.05, 4.69) is 10.6 Å². The highest BCUT2D eigenvalue weighted by molar-refractivity contribution is 7.90. The Kier molecular flexibility index (Phi) is 5.25. The van der Waals surface area contributed by atoms with Crippen molar-refractivity contribution in [3.05, 3.63) is 33.9 Å². The maximum absolute atomic E-state index is 12.1. The fourth-order valence-corrected chi connectivity index (χ4v) is 2.82. The molecule has 116 valence electrons. The highest BCUT2D eigenvalue weighted by Gasteiger charge is 2.22. The lowest BCUT2D eigenvalue weighted by Gasteiger charge is -2.13. The van der Waals surface area contributed by atoms with Crippen LogP contribution in [-0.2, 0) is 9.84 Å². The first-order chi connectivity index (χ1) is 9.64. The van der Waals surface area contributed by atoms with Gasteiger partial charge in [0.05, 0.1) is 10.7 Å². The lowest BCUT2D eigenvalue weighted by atomic mass is 10.1. The maximum atomic E-state index is 12.1. The fraction of sp³-hybridized carbons (Fsp3) is 0.417. The average molecular weight is 315 g/mol. The van der Waals surface area contributed by atoms with Crippen LogP contribution in [0.4, 0.5) is 11.4 Å². The molecule has 1 aromatic rings. The largest absolute Gasteiger partial charge is 0.388 e. The van der Waals surface area contributed by atoms with Crippen LogP contribution in [-0.4, -0.2) is 44.3 Å².